The normalized spacial score (nSPS) is 10.8. The molecular weight excluding hydrogens is 396 g/mol. The van der Waals surface area contributed by atoms with Crippen molar-refractivity contribution in [2.24, 2.45) is 0 Å². The number of nitrogens with zero attached hydrogens (tertiary/aromatic N) is 3. The van der Waals surface area contributed by atoms with Crippen LogP contribution in [0.4, 0.5) is 0 Å². The molecule has 0 aliphatic rings. The van der Waals surface area contributed by atoms with Gasteiger partial charge in [-0.15, -0.1) is 10.2 Å². The average molecular weight is 419 g/mol. The summed E-state index contributed by atoms with van der Waals surface area (Å²) in [5, 5.41) is 12.2. The van der Waals surface area contributed by atoms with Crippen LogP contribution >= 0.6 is 11.8 Å². The molecule has 0 atom stereocenters. The lowest BCUT2D eigenvalue weighted by molar-refractivity contribution is -0.118. The van der Waals surface area contributed by atoms with E-state index in [0.29, 0.717) is 23.3 Å². The van der Waals surface area contributed by atoms with Crippen molar-refractivity contribution in [2.45, 2.75) is 18.5 Å². The van der Waals surface area contributed by atoms with Crippen molar-refractivity contribution in [3.8, 4) is 17.3 Å². The van der Waals surface area contributed by atoms with Crippen LogP contribution in [0.5, 0.6) is 0 Å². The average Bonchev–Trinajstić information content (AvgIpc) is 3.43. The van der Waals surface area contributed by atoms with Crippen molar-refractivity contribution >= 4 is 17.7 Å². The van der Waals surface area contributed by atoms with Crippen LogP contribution in [0, 0.1) is 6.92 Å². The molecule has 4 rings (SSSR count). The molecule has 0 aliphatic carbocycles. The second-order valence-electron chi connectivity index (χ2n) is 6.83. The molecule has 2 heterocycles. The quantitative estimate of drug-likeness (QED) is 0.432. The fraction of sp³-hybridized carbons (Fsp3) is 0.174. The molecule has 1 amide bonds. The molecule has 0 unspecified atom stereocenters. The number of thioether (sulfide) groups is 1. The number of amides is 1. The molecule has 2 aromatic heterocycles. The molecule has 2 aromatic carbocycles. The lowest BCUT2D eigenvalue weighted by atomic mass is 10.1. The SMILES string of the molecule is Cc1ccc(-n2c(SCC(=O)NCCc3ccccc3)nnc2-c2ccco2)cc1. The molecule has 0 aliphatic heterocycles. The van der Waals surface area contributed by atoms with Crippen LogP contribution < -0.4 is 5.32 Å². The van der Waals surface area contributed by atoms with Crippen LogP contribution in [-0.2, 0) is 11.2 Å². The maximum atomic E-state index is 12.3. The Morgan fingerprint density at radius 2 is 1.83 bits per heavy atom. The van der Waals surface area contributed by atoms with E-state index < -0.39 is 0 Å². The zero-order valence-electron chi connectivity index (χ0n) is 16.6. The molecule has 152 valence electrons. The first kappa shape index (κ1) is 20.0. The molecule has 0 radical (unpaired) electrons. The van der Waals surface area contributed by atoms with E-state index in [1.54, 1.807) is 6.26 Å². The van der Waals surface area contributed by atoms with Gasteiger partial charge in [0.15, 0.2) is 10.9 Å². The largest absolute Gasteiger partial charge is 0.461 e. The maximum absolute atomic E-state index is 12.3. The van der Waals surface area contributed by atoms with Crippen molar-refractivity contribution < 1.29 is 9.21 Å². The van der Waals surface area contributed by atoms with Crippen LogP contribution in [-0.4, -0.2) is 33.0 Å². The Bertz CT molecular complexity index is 1090. The Balaban J connectivity index is 1.44. The van der Waals surface area contributed by atoms with Crippen molar-refractivity contribution in [2.75, 3.05) is 12.3 Å². The Labute approximate surface area is 179 Å². The smallest absolute Gasteiger partial charge is 0.230 e. The standard InChI is InChI=1S/C23H22N4O2S/c1-17-9-11-19(12-10-17)27-22(20-8-5-15-29-20)25-26-23(27)30-16-21(28)24-14-13-18-6-3-2-4-7-18/h2-12,15H,13-14,16H2,1H3,(H,24,28). The topological polar surface area (TPSA) is 73.0 Å². The molecule has 0 saturated carbocycles. The van der Waals surface area contributed by atoms with Crippen LogP contribution in [0.3, 0.4) is 0 Å². The third kappa shape index (κ3) is 4.80. The fourth-order valence-electron chi connectivity index (χ4n) is 3.03. The van der Waals surface area contributed by atoms with Crippen LogP contribution in [0.25, 0.3) is 17.3 Å². The number of aryl methyl sites for hydroxylation is 1. The van der Waals surface area contributed by atoms with Crippen molar-refractivity contribution in [3.63, 3.8) is 0 Å². The van der Waals surface area contributed by atoms with Crippen LogP contribution in [0.2, 0.25) is 0 Å². The Hall–Kier alpha value is -3.32. The number of hydrogen-bond acceptors (Lipinski definition) is 5. The highest BCUT2D eigenvalue weighted by Gasteiger charge is 2.18. The number of benzene rings is 2. The van der Waals surface area contributed by atoms with Gasteiger partial charge in [-0.05, 0) is 43.2 Å². The summed E-state index contributed by atoms with van der Waals surface area (Å²) in [5.41, 5.74) is 3.29. The first-order valence-corrected chi connectivity index (χ1v) is 10.7. The fourth-order valence-corrected chi connectivity index (χ4v) is 3.81. The summed E-state index contributed by atoms with van der Waals surface area (Å²) < 4.78 is 7.44. The molecule has 30 heavy (non-hydrogen) atoms. The van der Waals surface area contributed by atoms with Gasteiger partial charge in [-0.2, -0.15) is 0 Å². The van der Waals surface area contributed by atoms with Gasteiger partial charge < -0.3 is 9.73 Å². The number of nitrogens with one attached hydrogen (secondary N) is 1. The minimum atomic E-state index is -0.0334. The number of aromatic nitrogens is 3. The van der Waals surface area contributed by atoms with E-state index in [2.05, 4.69) is 27.6 Å². The van der Waals surface area contributed by atoms with Crippen LogP contribution in [0.1, 0.15) is 11.1 Å². The van der Waals surface area contributed by atoms with Gasteiger partial charge in [0, 0.05) is 12.2 Å². The van der Waals surface area contributed by atoms with Gasteiger partial charge >= 0.3 is 0 Å². The summed E-state index contributed by atoms with van der Waals surface area (Å²) in [6, 6.07) is 21.9. The zero-order valence-corrected chi connectivity index (χ0v) is 17.4. The Morgan fingerprint density at radius 3 is 2.57 bits per heavy atom. The van der Waals surface area contributed by atoms with Gasteiger partial charge in [0.1, 0.15) is 0 Å². The lowest BCUT2D eigenvalue weighted by Gasteiger charge is -2.10. The van der Waals surface area contributed by atoms with Gasteiger partial charge in [0.2, 0.25) is 11.7 Å². The monoisotopic (exact) mass is 418 g/mol. The minimum Gasteiger partial charge on any atom is -0.461 e. The second kappa shape index (κ2) is 9.45. The first-order valence-electron chi connectivity index (χ1n) is 9.70. The van der Waals surface area contributed by atoms with E-state index in [-0.39, 0.29) is 11.7 Å². The Morgan fingerprint density at radius 1 is 1.03 bits per heavy atom. The highest BCUT2D eigenvalue weighted by Crippen LogP contribution is 2.28. The highest BCUT2D eigenvalue weighted by molar-refractivity contribution is 7.99. The highest BCUT2D eigenvalue weighted by atomic mass is 32.2. The summed E-state index contributed by atoms with van der Waals surface area (Å²) in [6.45, 7) is 2.64. The molecule has 1 N–H and O–H groups in total. The molecule has 0 bridgehead atoms. The van der Waals surface area contributed by atoms with E-state index in [9.17, 15) is 4.79 Å². The predicted molar refractivity (Wildman–Crippen MR) is 118 cm³/mol. The van der Waals surface area contributed by atoms with Gasteiger partial charge in [-0.3, -0.25) is 9.36 Å². The van der Waals surface area contributed by atoms with Gasteiger partial charge in [-0.25, -0.2) is 0 Å². The lowest BCUT2D eigenvalue weighted by Crippen LogP contribution is -2.27. The molecular formula is C23H22N4O2S. The summed E-state index contributed by atoms with van der Waals surface area (Å²) in [4.78, 5) is 12.3. The zero-order chi connectivity index (χ0) is 20.8. The maximum Gasteiger partial charge on any atom is 0.230 e. The van der Waals surface area contributed by atoms with E-state index in [1.165, 1.54) is 22.9 Å². The minimum absolute atomic E-state index is 0.0334. The Kier molecular flexibility index (Phi) is 6.29. The number of carbonyl (C=O) groups excluding carboxylic acids is 1. The second-order valence-corrected chi connectivity index (χ2v) is 7.77. The van der Waals surface area contributed by atoms with Gasteiger partial charge in [0.25, 0.3) is 0 Å². The van der Waals surface area contributed by atoms with Gasteiger partial charge in [0.05, 0.1) is 12.0 Å². The first-order chi connectivity index (χ1) is 14.7. The van der Waals surface area contributed by atoms with Crippen molar-refractivity contribution in [1.29, 1.82) is 0 Å². The number of rotatable bonds is 8. The summed E-state index contributed by atoms with van der Waals surface area (Å²) in [6.07, 6.45) is 2.41. The summed E-state index contributed by atoms with van der Waals surface area (Å²) >= 11 is 1.35. The molecule has 0 saturated heterocycles. The van der Waals surface area contributed by atoms with Crippen LogP contribution in [0.15, 0.2) is 82.6 Å². The number of carbonyl (C=O) groups is 1. The molecule has 7 heteroatoms. The number of furan rings is 1. The van der Waals surface area contributed by atoms with Crippen molar-refractivity contribution in [3.05, 3.63) is 84.1 Å². The molecule has 0 fully saturated rings. The van der Waals surface area contributed by atoms with Gasteiger partial charge in [-0.1, -0.05) is 59.8 Å². The predicted octanol–water partition coefficient (Wildman–Crippen LogP) is 4.29. The summed E-state index contributed by atoms with van der Waals surface area (Å²) in [7, 11) is 0. The van der Waals surface area contributed by atoms with E-state index >= 15 is 0 Å². The molecule has 4 aromatic rings. The third-order valence-electron chi connectivity index (χ3n) is 4.58. The van der Waals surface area contributed by atoms with E-state index in [0.717, 1.165) is 12.1 Å². The molecule has 0 spiro atoms. The van der Waals surface area contributed by atoms with E-state index in [1.807, 2.05) is 66.1 Å². The number of hydrogen-bond donors (Lipinski definition) is 1. The third-order valence-corrected chi connectivity index (χ3v) is 5.51. The van der Waals surface area contributed by atoms with Crippen molar-refractivity contribution in [1.82, 2.24) is 20.1 Å². The van der Waals surface area contributed by atoms with E-state index in [4.69, 9.17) is 4.42 Å². The molecule has 6 nitrogen and oxygen atoms in total. The summed E-state index contributed by atoms with van der Waals surface area (Å²) in [5.74, 6) is 1.46.